The van der Waals surface area contributed by atoms with Crippen molar-refractivity contribution >= 4 is 5.82 Å². The zero-order valence-corrected chi connectivity index (χ0v) is 15.1. The summed E-state index contributed by atoms with van der Waals surface area (Å²) in [6.45, 7) is 1.84. The summed E-state index contributed by atoms with van der Waals surface area (Å²) in [4.78, 5) is 14.0. The smallest absolute Gasteiger partial charge is 0.414 e. The molecule has 144 valence electrons. The maximum atomic E-state index is 10.7. The first kappa shape index (κ1) is 18.0. The van der Waals surface area contributed by atoms with E-state index in [0.29, 0.717) is 26.4 Å². The van der Waals surface area contributed by atoms with Gasteiger partial charge in [-0.2, -0.15) is 0 Å². The zero-order chi connectivity index (χ0) is 19.3. The maximum absolute atomic E-state index is 10.7. The Morgan fingerprint density at radius 2 is 1.86 bits per heavy atom. The average molecular weight is 381 g/mol. The molecule has 1 unspecified atom stereocenters. The van der Waals surface area contributed by atoms with Gasteiger partial charge in [0.15, 0.2) is 0 Å². The summed E-state index contributed by atoms with van der Waals surface area (Å²) >= 11 is 0. The van der Waals surface area contributed by atoms with Crippen LogP contribution >= 0.6 is 0 Å². The molecule has 0 aliphatic carbocycles. The molecular weight excluding hydrogens is 362 g/mol. The van der Waals surface area contributed by atoms with Crippen molar-refractivity contribution in [2.75, 3.05) is 6.61 Å². The Morgan fingerprint density at radius 1 is 1.11 bits per heavy atom. The van der Waals surface area contributed by atoms with E-state index in [1.54, 1.807) is 4.57 Å². The lowest BCUT2D eigenvalue weighted by Crippen LogP contribution is -2.21. The molecule has 0 saturated carbocycles. The van der Waals surface area contributed by atoms with E-state index in [1.165, 1.54) is 6.20 Å². The topological polar surface area (TPSA) is 88.7 Å². The van der Waals surface area contributed by atoms with Gasteiger partial charge in [-0.3, -0.25) is 4.57 Å². The van der Waals surface area contributed by atoms with Crippen molar-refractivity contribution in [1.29, 1.82) is 0 Å². The van der Waals surface area contributed by atoms with Gasteiger partial charge in [0.25, 0.3) is 0 Å². The van der Waals surface area contributed by atoms with Crippen molar-refractivity contribution < 1.29 is 19.1 Å². The lowest BCUT2D eigenvalue weighted by atomic mass is 10.2. The second-order valence-corrected chi connectivity index (χ2v) is 6.46. The highest BCUT2D eigenvalue weighted by molar-refractivity contribution is 5.27. The summed E-state index contributed by atoms with van der Waals surface area (Å²) < 4.78 is 18.7. The molecule has 0 radical (unpaired) electrons. The van der Waals surface area contributed by atoms with Gasteiger partial charge in [-0.05, 0) is 28.2 Å². The number of fused-ring (bicyclic) bond motifs is 1. The summed E-state index contributed by atoms with van der Waals surface area (Å²) in [7, 11) is 0. The minimum absolute atomic E-state index is 0.197. The predicted octanol–water partition coefficient (Wildman–Crippen LogP) is 3.35. The maximum Gasteiger partial charge on any atom is 0.414 e. The van der Waals surface area contributed by atoms with E-state index >= 15 is 0 Å². The average Bonchev–Trinajstić information content (AvgIpc) is 3.27. The number of rotatable bonds is 8. The van der Waals surface area contributed by atoms with E-state index < -0.39 is 4.92 Å². The van der Waals surface area contributed by atoms with Crippen molar-refractivity contribution in [3.63, 3.8) is 0 Å². The van der Waals surface area contributed by atoms with Crippen LogP contribution in [-0.2, 0) is 24.5 Å². The summed E-state index contributed by atoms with van der Waals surface area (Å²) in [6, 6.07) is 18.0. The molecule has 0 fully saturated rings. The highest BCUT2D eigenvalue weighted by Crippen LogP contribution is 2.25. The second-order valence-electron chi connectivity index (χ2n) is 6.46. The van der Waals surface area contributed by atoms with Gasteiger partial charge in [-0.15, -0.1) is 0 Å². The third-order valence-electron chi connectivity index (χ3n) is 4.33. The van der Waals surface area contributed by atoms with Gasteiger partial charge >= 0.3 is 11.8 Å². The third kappa shape index (κ3) is 4.29. The van der Waals surface area contributed by atoms with Crippen molar-refractivity contribution in [1.82, 2.24) is 9.55 Å². The number of aromatic nitrogens is 2. The van der Waals surface area contributed by atoms with Crippen molar-refractivity contribution in [3.8, 4) is 11.8 Å². The van der Waals surface area contributed by atoms with Crippen LogP contribution in [0.4, 0.5) is 5.82 Å². The van der Waals surface area contributed by atoms with Crippen LogP contribution in [-0.4, -0.2) is 27.2 Å². The fraction of sp³-hybridized carbons (Fsp3) is 0.250. The minimum atomic E-state index is -0.534. The van der Waals surface area contributed by atoms with Gasteiger partial charge in [0, 0.05) is 4.98 Å². The van der Waals surface area contributed by atoms with E-state index in [0.717, 1.165) is 16.9 Å². The third-order valence-corrected chi connectivity index (χ3v) is 4.33. The molecule has 2 aromatic carbocycles. The molecule has 3 aromatic rings. The molecule has 1 aliphatic rings. The fourth-order valence-corrected chi connectivity index (χ4v) is 2.92. The summed E-state index contributed by atoms with van der Waals surface area (Å²) in [6.07, 6.45) is 1.18. The van der Waals surface area contributed by atoms with E-state index in [2.05, 4.69) is 4.98 Å². The Kier molecular flexibility index (Phi) is 5.20. The Labute approximate surface area is 161 Å². The van der Waals surface area contributed by atoms with Gasteiger partial charge in [-0.1, -0.05) is 42.5 Å². The van der Waals surface area contributed by atoms with Crippen LogP contribution in [0.25, 0.3) is 0 Å². The van der Waals surface area contributed by atoms with Gasteiger partial charge in [0.2, 0.25) is 0 Å². The quantitative estimate of drug-likeness (QED) is 0.439. The van der Waals surface area contributed by atoms with Crippen LogP contribution < -0.4 is 9.47 Å². The van der Waals surface area contributed by atoms with E-state index in [4.69, 9.17) is 14.2 Å². The van der Waals surface area contributed by atoms with Crippen molar-refractivity contribution in [2.24, 2.45) is 0 Å². The molecule has 2 heterocycles. The van der Waals surface area contributed by atoms with E-state index in [-0.39, 0.29) is 17.9 Å². The largest absolute Gasteiger partial charge is 0.489 e. The fourth-order valence-electron chi connectivity index (χ4n) is 2.92. The van der Waals surface area contributed by atoms with Crippen LogP contribution in [0.5, 0.6) is 11.8 Å². The molecule has 28 heavy (non-hydrogen) atoms. The SMILES string of the molecule is O=[N+]([O-])c1cn2c(n1)OC(COCc1ccc(OCc3ccccc3)cc1)C2. The number of ether oxygens (including phenoxy) is 3. The van der Waals surface area contributed by atoms with E-state index in [1.807, 2.05) is 54.6 Å². The van der Waals surface area contributed by atoms with Crippen molar-refractivity contribution in [3.05, 3.63) is 82.0 Å². The minimum Gasteiger partial charge on any atom is -0.489 e. The number of nitrogens with zero attached hydrogens (tertiary/aromatic N) is 3. The van der Waals surface area contributed by atoms with Crippen LogP contribution in [0.1, 0.15) is 11.1 Å². The Morgan fingerprint density at radius 3 is 2.57 bits per heavy atom. The number of hydrogen-bond acceptors (Lipinski definition) is 6. The molecule has 0 bridgehead atoms. The second kappa shape index (κ2) is 8.10. The van der Waals surface area contributed by atoms with Crippen LogP contribution in [0.2, 0.25) is 0 Å². The molecule has 0 spiro atoms. The summed E-state index contributed by atoms with van der Waals surface area (Å²) in [5, 5.41) is 10.7. The molecular formula is C20H19N3O5. The zero-order valence-electron chi connectivity index (χ0n) is 15.1. The molecule has 8 heteroatoms. The molecule has 0 saturated heterocycles. The lowest BCUT2D eigenvalue weighted by Gasteiger charge is -2.10. The number of benzene rings is 2. The number of nitro groups is 1. The Hall–Kier alpha value is -3.39. The van der Waals surface area contributed by atoms with Crippen LogP contribution in [0, 0.1) is 10.1 Å². The summed E-state index contributed by atoms with van der Waals surface area (Å²) in [5.74, 6) is 0.600. The van der Waals surface area contributed by atoms with Gasteiger partial charge < -0.3 is 24.3 Å². The van der Waals surface area contributed by atoms with Crippen LogP contribution in [0.15, 0.2) is 60.8 Å². The van der Waals surface area contributed by atoms with Gasteiger partial charge in [0.1, 0.15) is 24.7 Å². The normalized spacial score (nSPS) is 15.1. The molecule has 8 nitrogen and oxygen atoms in total. The molecule has 1 aromatic heterocycles. The molecule has 1 atom stereocenters. The first-order chi connectivity index (χ1) is 13.7. The predicted molar refractivity (Wildman–Crippen MR) is 100 cm³/mol. The summed E-state index contributed by atoms with van der Waals surface area (Å²) in [5.41, 5.74) is 2.15. The first-order valence-corrected chi connectivity index (χ1v) is 8.89. The highest BCUT2D eigenvalue weighted by atomic mass is 16.6. The monoisotopic (exact) mass is 381 g/mol. The van der Waals surface area contributed by atoms with E-state index in [9.17, 15) is 10.1 Å². The van der Waals surface area contributed by atoms with Crippen LogP contribution in [0.3, 0.4) is 0 Å². The standard InChI is InChI=1S/C20H19N3O5/c24-23(25)19-11-22-10-18(28-20(22)21-19)14-26-12-16-6-8-17(9-7-16)27-13-15-4-2-1-3-5-15/h1-9,11,18H,10,12-14H2. The molecule has 4 rings (SSSR count). The number of hydrogen-bond donors (Lipinski definition) is 0. The van der Waals surface area contributed by atoms with Crippen molar-refractivity contribution in [2.45, 2.75) is 25.9 Å². The highest BCUT2D eigenvalue weighted by Gasteiger charge is 2.31. The molecule has 0 amide bonds. The lowest BCUT2D eigenvalue weighted by molar-refractivity contribution is -0.389. The molecule has 0 N–H and O–H groups in total. The Bertz CT molecular complexity index is 917. The number of imidazole rings is 1. The Balaban J connectivity index is 1.20. The van der Waals surface area contributed by atoms with Gasteiger partial charge in [0.05, 0.1) is 19.8 Å². The first-order valence-electron chi connectivity index (χ1n) is 8.89. The molecule has 1 aliphatic heterocycles. The van der Waals surface area contributed by atoms with Gasteiger partial charge in [-0.25, -0.2) is 0 Å².